The number of rotatable bonds is 8. The summed E-state index contributed by atoms with van der Waals surface area (Å²) in [5, 5.41) is 8.52. The van der Waals surface area contributed by atoms with Crippen LogP contribution < -0.4 is 14.9 Å². The van der Waals surface area contributed by atoms with Gasteiger partial charge in [0.25, 0.3) is 11.8 Å². The van der Waals surface area contributed by atoms with Crippen molar-refractivity contribution in [3.8, 4) is 5.75 Å². The van der Waals surface area contributed by atoms with E-state index in [1.54, 1.807) is 60.7 Å². The summed E-state index contributed by atoms with van der Waals surface area (Å²) in [5.74, 6) is -0.481. The molecule has 1 aromatic heterocycles. The fourth-order valence-corrected chi connectivity index (χ4v) is 4.57. The highest BCUT2D eigenvalue weighted by Crippen LogP contribution is 2.19. The van der Waals surface area contributed by atoms with Crippen molar-refractivity contribution in [1.82, 2.24) is 5.43 Å². The molecule has 0 bridgehead atoms. The van der Waals surface area contributed by atoms with E-state index in [9.17, 15) is 18.0 Å². The molecule has 10 heteroatoms. The van der Waals surface area contributed by atoms with E-state index in [0.29, 0.717) is 21.7 Å². The molecule has 0 unspecified atom stereocenters. The van der Waals surface area contributed by atoms with E-state index in [1.807, 2.05) is 12.3 Å². The number of benzene rings is 3. The van der Waals surface area contributed by atoms with E-state index in [-0.39, 0.29) is 16.6 Å². The summed E-state index contributed by atoms with van der Waals surface area (Å²) in [6, 6.07) is 22.5. The molecule has 182 valence electrons. The van der Waals surface area contributed by atoms with Crippen LogP contribution in [0.2, 0.25) is 0 Å². The van der Waals surface area contributed by atoms with E-state index < -0.39 is 16.0 Å². The quantitative estimate of drug-likeness (QED) is 0.196. The maximum Gasteiger partial charge on any atom is 0.339 e. The molecule has 1 heterocycles. The number of aryl methyl sites for hydroxylation is 1. The summed E-state index contributed by atoms with van der Waals surface area (Å²) >= 11 is 1.34. The van der Waals surface area contributed by atoms with Crippen LogP contribution in [0.3, 0.4) is 0 Å². The number of nitrogens with one attached hydrogen (secondary N) is 2. The number of thiophene rings is 1. The van der Waals surface area contributed by atoms with Crippen LogP contribution in [0.1, 0.15) is 31.2 Å². The highest BCUT2D eigenvalue weighted by atomic mass is 32.2. The van der Waals surface area contributed by atoms with Gasteiger partial charge in [-0.05, 0) is 84.6 Å². The van der Waals surface area contributed by atoms with Crippen molar-refractivity contribution in [3.05, 3.63) is 112 Å². The van der Waals surface area contributed by atoms with Gasteiger partial charge in [-0.3, -0.25) is 9.59 Å². The number of anilines is 1. The third-order valence-corrected chi connectivity index (χ3v) is 7.06. The molecular formula is C26H21N3O5S2. The van der Waals surface area contributed by atoms with E-state index in [2.05, 4.69) is 15.8 Å². The van der Waals surface area contributed by atoms with Crippen LogP contribution in [0.4, 0.5) is 5.69 Å². The lowest BCUT2D eigenvalue weighted by Gasteiger charge is -2.07. The van der Waals surface area contributed by atoms with Crippen LogP contribution >= 0.6 is 11.3 Å². The maximum atomic E-state index is 12.4. The third kappa shape index (κ3) is 6.44. The minimum absolute atomic E-state index is 0.0689. The van der Waals surface area contributed by atoms with Gasteiger partial charge in [0.1, 0.15) is 10.6 Å². The predicted molar refractivity (Wildman–Crippen MR) is 139 cm³/mol. The monoisotopic (exact) mass is 519 g/mol. The van der Waals surface area contributed by atoms with Gasteiger partial charge < -0.3 is 9.50 Å². The first kappa shape index (κ1) is 24.8. The molecule has 4 aromatic rings. The Morgan fingerprint density at radius 1 is 0.889 bits per heavy atom. The van der Waals surface area contributed by atoms with Crippen molar-refractivity contribution in [3.63, 3.8) is 0 Å². The second-order valence-electron chi connectivity index (χ2n) is 7.63. The Morgan fingerprint density at radius 2 is 1.58 bits per heavy atom. The van der Waals surface area contributed by atoms with Crippen molar-refractivity contribution in [2.75, 3.05) is 5.32 Å². The van der Waals surface area contributed by atoms with Gasteiger partial charge >= 0.3 is 10.1 Å². The molecule has 0 radical (unpaired) electrons. The Morgan fingerprint density at radius 3 is 2.22 bits per heavy atom. The summed E-state index contributed by atoms with van der Waals surface area (Å²) in [5.41, 5.74) is 4.93. The molecule has 0 saturated heterocycles. The van der Waals surface area contributed by atoms with Gasteiger partial charge in [0, 0.05) is 11.3 Å². The third-order valence-electron chi connectivity index (χ3n) is 4.93. The van der Waals surface area contributed by atoms with Crippen LogP contribution in [0.15, 0.2) is 100 Å². The molecular weight excluding hydrogens is 498 g/mol. The smallest absolute Gasteiger partial charge is 0.339 e. The van der Waals surface area contributed by atoms with E-state index >= 15 is 0 Å². The fourth-order valence-electron chi connectivity index (χ4n) is 3.02. The molecule has 4 rings (SSSR count). The molecule has 3 aromatic carbocycles. The second-order valence-corrected chi connectivity index (χ2v) is 10.1. The van der Waals surface area contributed by atoms with E-state index in [4.69, 9.17) is 4.18 Å². The molecule has 0 fully saturated rings. The SMILES string of the molecule is Cc1ccc(S(=O)(=O)Oc2ccc(C=NNC(=O)c3ccc(NC(=O)c4cccs4)cc3)cc2)cc1. The van der Waals surface area contributed by atoms with Gasteiger partial charge in [-0.25, -0.2) is 5.43 Å². The zero-order valence-electron chi connectivity index (χ0n) is 19.0. The summed E-state index contributed by atoms with van der Waals surface area (Å²) in [4.78, 5) is 25.1. The molecule has 0 aliphatic carbocycles. The second kappa shape index (κ2) is 11.0. The Bertz CT molecular complexity index is 1480. The summed E-state index contributed by atoms with van der Waals surface area (Å²) in [6.45, 7) is 1.87. The number of hydrogen-bond donors (Lipinski definition) is 2. The lowest BCUT2D eigenvalue weighted by atomic mass is 10.2. The van der Waals surface area contributed by atoms with Crippen LogP contribution in [-0.4, -0.2) is 26.4 Å². The highest BCUT2D eigenvalue weighted by molar-refractivity contribution is 7.87. The predicted octanol–water partition coefficient (Wildman–Crippen LogP) is 4.84. The highest BCUT2D eigenvalue weighted by Gasteiger charge is 2.16. The number of hydrazone groups is 1. The zero-order chi connectivity index (χ0) is 25.5. The van der Waals surface area contributed by atoms with E-state index in [1.165, 1.54) is 41.8 Å². The van der Waals surface area contributed by atoms with Crippen LogP contribution in [0, 0.1) is 6.92 Å². The lowest BCUT2D eigenvalue weighted by molar-refractivity contribution is 0.0954. The van der Waals surface area contributed by atoms with Gasteiger partial charge in [0.2, 0.25) is 0 Å². The van der Waals surface area contributed by atoms with Gasteiger partial charge in [0.15, 0.2) is 0 Å². The maximum absolute atomic E-state index is 12.4. The average molecular weight is 520 g/mol. The molecule has 2 amide bonds. The summed E-state index contributed by atoms with van der Waals surface area (Å²) in [7, 11) is -3.94. The molecule has 0 atom stereocenters. The first-order valence-electron chi connectivity index (χ1n) is 10.7. The number of carbonyl (C=O) groups excluding carboxylic acids is 2. The number of hydrogen-bond acceptors (Lipinski definition) is 7. The van der Waals surface area contributed by atoms with Crippen LogP contribution in [-0.2, 0) is 10.1 Å². The van der Waals surface area contributed by atoms with Gasteiger partial charge in [-0.15, -0.1) is 11.3 Å². The number of amides is 2. The number of nitrogens with zero attached hydrogens (tertiary/aromatic N) is 1. The molecule has 0 aliphatic heterocycles. The first-order chi connectivity index (χ1) is 17.3. The van der Waals surface area contributed by atoms with Crippen molar-refractivity contribution < 1.29 is 22.2 Å². The first-order valence-corrected chi connectivity index (χ1v) is 13.0. The average Bonchev–Trinajstić information content (AvgIpc) is 3.41. The van der Waals surface area contributed by atoms with Gasteiger partial charge in [-0.2, -0.15) is 13.5 Å². The topological polar surface area (TPSA) is 114 Å². The molecule has 0 saturated carbocycles. The van der Waals surface area contributed by atoms with Crippen molar-refractivity contribution in [2.24, 2.45) is 5.10 Å². The van der Waals surface area contributed by atoms with Crippen molar-refractivity contribution in [2.45, 2.75) is 11.8 Å². The normalized spacial score (nSPS) is 11.2. The molecule has 0 spiro atoms. The summed E-state index contributed by atoms with van der Waals surface area (Å²) in [6.07, 6.45) is 1.42. The van der Waals surface area contributed by atoms with E-state index in [0.717, 1.165) is 5.56 Å². The Balaban J connectivity index is 1.30. The fraction of sp³-hybridized carbons (Fsp3) is 0.0385. The van der Waals surface area contributed by atoms with Gasteiger partial charge in [-0.1, -0.05) is 23.8 Å². The van der Waals surface area contributed by atoms with Crippen molar-refractivity contribution >= 4 is 45.2 Å². The summed E-state index contributed by atoms with van der Waals surface area (Å²) < 4.78 is 30.0. The molecule has 8 nitrogen and oxygen atoms in total. The minimum atomic E-state index is -3.94. The van der Waals surface area contributed by atoms with Crippen LogP contribution in [0.5, 0.6) is 5.75 Å². The standard InChI is InChI=1S/C26H21N3O5S2/c1-18-4-14-23(15-5-18)36(32,33)34-22-12-6-19(7-13-22)17-27-29-25(30)20-8-10-21(11-9-20)28-26(31)24-3-2-16-35-24/h2-17H,1H3,(H,28,31)(H,29,30). The largest absolute Gasteiger partial charge is 0.379 e. The Kier molecular flexibility index (Phi) is 7.57. The minimum Gasteiger partial charge on any atom is -0.379 e. The molecule has 2 N–H and O–H groups in total. The lowest BCUT2D eigenvalue weighted by Crippen LogP contribution is -2.17. The molecule has 0 aliphatic rings. The molecule has 36 heavy (non-hydrogen) atoms. The van der Waals surface area contributed by atoms with Crippen LogP contribution in [0.25, 0.3) is 0 Å². The van der Waals surface area contributed by atoms with Crippen molar-refractivity contribution in [1.29, 1.82) is 0 Å². The number of carbonyl (C=O) groups is 2. The Hall–Kier alpha value is -4.28. The Labute approximate surface area is 212 Å². The zero-order valence-corrected chi connectivity index (χ0v) is 20.7. The van der Waals surface area contributed by atoms with Gasteiger partial charge in [0.05, 0.1) is 11.1 Å².